The van der Waals surface area contributed by atoms with E-state index >= 15 is 0 Å². The summed E-state index contributed by atoms with van der Waals surface area (Å²) in [4.78, 5) is 3.49. The highest BCUT2D eigenvalue weighted by Gasteiger charge is 2.10. The Hall–Kier alpha value is -1.28. The monoisotopic (exact) mass is 203 g/mol. The van der Waals surface area contributed by atoms with Crippen LogP contribution in [0, 0.1) is 20.8 Å². The van der Waals surface area contributed by atoms with Crippen LogP contribution >= 0.6 is 0 Å². The second-order valence-electron chi connectivity index (χ2n) is 4.26. The maximum absolute atomic E-state index is 3.93. The molecule has 0 aliphatic heterocycles. The van der Waals surface area contributed by atoms with E-state index in [1.807, 2.05) is 0 Å². The average molecular weight is 203 g/mol. The van der Waals surface area contributed by atoms with Crippen LogP contribution in [0.1, 0.15) is 22.4 Å². The Morgan fingerprint density at radius 1 is 1.20 bits per heavy atom. The number of hydrogen-bond acceptors (Lipinski definition) is 0. The minimum atomic E-state index is 0.959. The van der Waals surface area contributed by atoms with Gasteiger partial charge in [-0.25, -0.2) is 0 Å². The number of aromatic nitrogens is 1. The van der Waals surface area contributed by atoms with Gasteiger partial charge in [0, 0.05) is 23.0 Å². The Morgan fingerprint density at radius 2 is 1.93 bits per heavy atom. The van der Waals surface area contributed by atoms with Crippen LogP contribution in [0.5, 0.6) is 0 Å². The lowest BCUT2D eigenvalue weighted by molar-refractivity contribution is -0.366. The zero-order valence-electron chi connectivity index (χ0n) is 9.78. The average Bonchev–Trinajstić information content (AvgIpc) is 2.52. The van der Waals surface area contributed by atoms with E-state index in [0.717, 1.165) is 13.0 Å². The van der Waals surface area contributed by atoms with Gasteiger partial charge in [0.05, 0.1) is 6.54 Å². The van der Waals surface area contributed by atoms with Gasteiger partial charge >= 0.3 is 0 Å². The lowest BCUT2D eigenvalue weighted by atomic mass is 10.0. The third-order valence-electron chi connectivity index (χ3n) is 3.25. The molecule has 0 amide bonds. The lowest BCUT2D eigenvalue weighted by Crippen LogP contribution is -2.51. The van der Waals surface area contributed by atoms with Crippen molar-refractivity contribution < 1.29 is 5.73 Å². The highest BCUT2D eigenvalue weighted by Crippen LogP contribution is 2.26. The van der Waals surface area contributed by atoms with E-state index in [0.29, 0.717) is 0 Å². The number of aromatic amines is 1. The highest BCUT2D eigenvalue weighted by atomic mass is 14.7. The third-order valence-corrected chi connectivity index (χ3v) is 3.25. The first-order valence-electron chi connectivity index (χ1n) is 5.51. The number of aryl methyl sites for hydroxylation is 3. The van der Waals surface area contributed by atoms with E-state index in [1.54, 1.807) is 0 Å². The predicted molar refractivity (Wildman–Crippen MR) is 64.0 cm³/mol. The van der Waals surface area contributed by atoms with Gasteiger partial charge in [-0.15, -0.1) is 0 Å². The molecule has 2 nitrogen and oxygen atoms in total. The SMILES string of the molecule is Cc1ccc2c(CC[NH3+])c(C)[nH]c2c1C. The minimum Gasteiger partial charge on any atom is -0.358 e. The molecule has 1 aromatic heterocycles. The summed E-state index contributed by atoms with van der Waals surface area (Å²) >= 11 is 0. The molecular weight excluding hydrogens is 184 g/mol. The zero-order chi connectivity index (χ0) is 11.0. The summed E-state index contributed by atoms with van der Waals surface area (Å²) < 4.78 is 0. The Morgan fingerprint density at radius 3 is 2.60 bits per heavy atom. The first kappa shape index (κ1) is 10.2. The maximum Gasteiger partial charge on any atom is 0.0781 e. The fourth-order valence-electron chi connectivity index (χ4n) is 2.19. The molecule has 0 fully saturated rings. The van der Waals surface area contributed by atoms with Crippen LogP contribution in [-0.2, 0) is 6.42 Å². The molecule has 0 atom stereocenters. The molecule has 2 rings (SSSR count). The number of hydrogen-bond donors (Lipinski definition) is 2. The van der Waals surface area contributed by atoms with E-state index in [-0.39, 0.29) is 0 Å². The van der Waals surface area contributed by atoms with Crippen molar-refractivity contribution in [3.05, 3.63) is 34.5 Å². The van der Waals surface area contributed by atoms with E-state index in [1.165, 1.54) is 33.3 Å². The lowest BCUT2D eigenvalue weighted by Gasteiger charge is -2.01. The third kappa shape index (κ3) is 1.55. The molecule has 0 unspecified atom stereocenters. The van der Waals surface area contributed by atoms with Crippen molar-refractivity contribution >= 4 is 10.9 Å². The van der Waals surface area contributed by atoms with E-state index in [4.69, 9.17) is 0 Å². The minimum absolute atomic E-state index is 0.959. The van der Waals surface area contributed by atoms with Crippen LogP contribution in [0.3, 0.4) is 0 Å². The van der Waals surface area contributed by atoms with Gasteiger partial charge in [0.2, 0.25) is 0 Å². The van der Waals surface area contributed by atoms with Crippen molar-refractivity contribution in [1.82, 2.24) is 4.98 Å². The van der Waals surface area contributed by atoms with Crippen molar-refractivity contribution in [3.63, 3.8) is 0 Å². The number of quaternary nitrogens is 1. The van der Waals surface area contributed by atoms with Crippen LogP contribution in [0.2, 0.25) is 0 Å². The smallest absolute Gasteiger partial charge is 0.0781 e. The van der Waals surface area contributed by atoms with Crippen LogP contribution < -0.4 is 5.73 Å². The van der Waals surface area contributed by atoms with Gasteiger partial charge in [0.25, 0.3) is 0 Å². The number of benzene rings is 1. The van der Waals surface area contributed by atoms with E-state index in [9.17, 15) is 0 Å². The van der Waals surface area contributed by atoms with E-state index in [2.05, 4.69) is 43.6 Å². The molecule has 2 aromatic rings. The van der Waals surface area contributed by atoms with Crippen LogP contribution in [0.4, 0.5) is 0 Å². The first-order chi connectivity index (χ1) is 7.15. The summed E-state index contributed by atoms with van der Waals surface area (Å²) in [5.41, 5.74) is 10.7. The molecule has 4 N–H and O–H groups in total. The number of fused-ring (bicyclic) bond motifs is 1. The molecule has 0 bridgehead atoms. The molecule has 15 heavy (non-hydrogen) atoms. The number of nitrogens with one attached hydrogen (secondary N) is 1. The van der Waals surface area contributed by atoms with Crippen LogP contribution in [0.15, 0.2) is 12.1 Å². The molecule has 0 aliphatic carbocycles. The van der Waals surface area contributed by atoms with Gasteiger partial charge in [0.1, 0.15) is 0 Å². The van der Waals surface area contributed by atoms with Crippen LogP contribution in [-0.4, -0.2) is 11.5 Å². The fraction of sp³-hybridized carbons (Fsp3) is 0.385. The maximum atomic E-state index is 3.93. The Kier molecular flexibility index (Phi) is 2.53. The standard InChI is InChI=1S/C13H18N2/c1-8-4-5-12-11(6-7-14)10(3)15-13(12)9(8)2/h4-5,15H,6-7,14H2,1-3H3/p+1. The van der Waals surface area contributed by atoms with Gasteiger partial charge in [-0.2, -0.15) is 0 Å². The predicted octanol–water partition coefficient (Wildman–Crippen LogP) is 1.88. The van der Waals surface area contributed by atoms with Crippen molar-refractivity contribution in [2.45, 2.75) is 27.2 Å². The Balaban J connectivity index is 2.73. The first-order valence-corrected chi connectivity index (χ1v) is 5.51. The molecule has 1 aromatic carbocycles. The van der Waals surface area contributed by atoms with Gasteiger partial charge in [0.15, 0.2) is 0 Å². The molecule has 0 saturated heterocycles. The largest absolute Gasteiger partial charge is 0.358 e. The molecule has 0 saturated carbocycles. The van der Waals surface area contributed by atoms with Crippen molar-refractivity contribution in [3.8, 4) is 0 Å². The zero-order valence-corrected chi connectivity index (χ0v) is 9.78. The summed E-state index contributed by atoms with van der Waals surface area (Å²) in [6.45, 7) is 7.45. The number of rotatable bonds is 2. The topological polar surface area (TPSA) is 43.4 Å². The van der Waals surface area contributed by atoms with Gasteiger partial charge < -0.3 is 10.7 Å². The molecule has 2 heteroatoms. The summed E-state index contributed by atoms with van der Waals surface area (Å²) in [7, 11) is 0. The second-order valence-corrected chi connectivity index (χ2v) is 4.26. The van der Waals surface area contributed by atoms with Crippen molar-refractivity contribution in [1.29, 1.82) is 0 Å². The fourth-order valence-corrected chi connectivity index (χ4v) is 2.19. The van der Waals surface area contributed by atoms with Crippen LogP contribution in [0.25, 0.3) is 10.9 Å². The van der Waals surface area contributed by atoms with Gasteiger partial charge in [-0.05, 0) is 37.5 Å². The van der Waals surface area contributed by atoms with Gasteiger partial charge in [-0.1, -0.05) is 12.1 Å². The molecule has 0 spiro atoms. The Bertz CT molecular complexity index is 495. The molecule has 80 valence electrons. The summed E-state index contributed by atoms with van der Waals surface area (Å²) in [6.07, 6.45) is 1.06. The van der Waals surface area contributed by atoms with Crippen molar-refractivity contribution in [2.75, 3.05) is 6.54 Å². The Labute approximate surface area is 90.5 Å². The molecular formula is C13H19N2+. The van der Waals surface area contributed by atoms with Gasteiger partial charge in [-0.3, -0.25) is 0 Å². The van der Waals surface area contributed by atoms with E-state index < -0.39 is 0 Å². The van der Waals surface area contributed by atoms with Crippen molar-refractivity contribution in [2.24, 2.45) is 0 Å². The quantitative estimate of drug-likeness (QED) is 0.748. The molecule has 0 radical (unpaired) electrons. The highest BCUT2D eigenvalue weighted by molar-refractivity contribution is 5.88. The number of H-pyrrole nitrogens is 1. The molecule has 0 aliphatic rings. The summed E-state index contributed by atoms with van der Waals surface area (Å²) in [5.74, 6) is 0. The summed E-state index contributed by atoms with van der Waals surface area (Å²) in [5, 5.41) is 1.37. The molecule has 1 heterocycles. The normalized spacial score (nSPS) is 11.2. The summed E-state index contributed by atoms with van der Waals surface area (Å²) in [6, 6.07) is 4.43. The second kappa shape index (κ2) is 3.70.